The number of carbonyl (C=O) groups is 2. The van der Waals surface area contributed by atoms with E-state index in [1.165, 1.54) is 13.8 Å². The summed E-state index contributed by atoms with van der Waals surface area (Å²) in [7, 11) is 0. The van der Waals surface area contributed by atoms with Crippen LogP contribution in [0, 0.1) is 0 Å². The monoisotopic (exact) mass is 250 g/mol. The molecule has 0 radical (unpaired) electrons. The van der Waals surface area contributed by atoms with Gasteiger partial charge in [-0.15, -0.1) is 0 Å². The molecular weight excluding hydrogens is 232 g/mol. The zero-order chi connectivity index (χ0) is 14.6. The molecule has 7 nitrogen and oxygen atoms in total. The van der Waals surface area contributed by atoms with Gasteiger partial charge in [-0.1, -0.05) is 13.2 Å². The largest absolute Gasteiger partial charge is 0.478 e. The fourth-order valence-electron chi connectivity index (χ4n) is 0. The molecule has 0 aromatic rings. The van der Waals surface area contributed by atoms with E-state index in [1.807, 2.05) is 0 Å². The van der Waals surface area contributed by atoms with Crippen LogP contribution in [0.5, 0.6) is 0 Å². The van der Waals surface area contributed by atoms with Gasteiger partial charge < -0.3 is 25.5 Å². The Morgan fingerprint density at radius 3 is 1.12 bits per heavy atom. The first-order chi connectivity index (χ1) is 7.56. The third-order valence-electron chi connectivity index (χ3n) is 0.893. The van der Waals surface area contributed by atoms with E-state index in [0.717, 1.165) is 0 Å². The van der Waals surface area contributed by atoms with Gasteiger partial charge in [0.15, 0.2) is 6.29 Å². The molecule has 0 amide bonds. The summed E-state index contributed by atoms with van der Waals surface area (Å²) in [4.78, 5) is 19.2. The van der Waals surface area contributed by atoms with Gasteiger partial charge in [0.05, 0.1) is 6.61 Å². The third kappa shape index (κ3) is 31.4. The summed E-state index contributed by atoms with van der Waals surface area (Å²) in [6.45, 7) is 8.62. The Morgan fingerprint density at radius 1 is 1.00 bits per heavy atom. The van der Waals surface area contributed by atoms with Crippen molar-refractivity contribution >= 4 is 11.9 Å². The fourth-order valence-corrected chi connectivity index (χ4v) is 0. The number of hydrogen-bond acceptors (Lipinski definition) is 5. The molecule has 0 aromatic carbocycles. The first-order valence-corrected chi connectivity index (χ1v) is 4.30. The molecule has 0 atom stereocenters. The first-order valence-electron chi connectivity index (χ1n) is 4.30. The summed E-state index contributed by atoms with van der Waals surface area (Å²) in [5, 5.41) is 38.8. The van der Waals surface area contributed by atoms with Gasteiger partial charge in [-0.25, -0.2) is 9.59 Å². The van der Waals surface area contributed by atoms with Crippen molar-refractivity contribution in [2.75, 3.05) is 6.61 Å². The summed E-state index contributed by atoms with van der Waals surface area (Å²) >= 11 is 0. The van der Waals surface area contributed by atoms with Gasteiger partial charge in [-0.05, 0) is 13.8 Å². The fraction of sp³-hybridized carbons (Fsp3) is 0.400. The summed E-state index contributed by atoms with van der Waals surface area (Å²) in [6.07, 6.45) is -1.56. The molecule has 0 heterocycles. The quantitative estimate of drug-likeness (QED) is 0.339. The minimum Gasteiger partial charge on any atom is -0.478 e. The van der Waals surface area contributed by atoms with Crippen LogP contribution in [0.15, 0.2) is 24.3 Å². The molecule has 0 unspecified atom stereocenters. The Morgan fingerprint density at radius 2 is 1.12 bits per heavy atom. The number of carboxylic acid groups (broad SMARTS) is 2. The van der Waals surface area contributed by atoms with Crippen LogP contribution in [0.2, 0.25) is 0 Å². The van der Waals surface area contributed by atoms with Crippen LogP contribution in [0.1, 0.15) is 13.8 Å². The average Bonchev–Trinajstić information content (AvgIpc) is 2.19. The van der Waals surface area contributed by atoms with Crippen LogP contribution in [0.4, 0.5) is 0 Å². The van der Waals surface area contributed by atoms with Crippen molar-refractivity contribution in [3.05, 3.63) is 24.3 Å². The SMILES string of the molecule is C=C(C)C(=O)O.C=C(C)C(=O)O.OCC(O)O. The van der Waals surface area contributed by atoms with E-state index >= 15 is 0 Å². The van der Waals surface area contributed by atoms with Crippen molar-refractivity contribution in [3.63, 3.8) is 0 Å². The Bertz CT molecular complexity index is 220. The lowest BCUT2D eigenvalue weighted by Crippen LogP contribution is -2.08. The minimum absolute atomic E-state index is 0.176. The highest BCUT2D eigenvalue weighted by molar-refractivity contribution is 5.85. The number of hydrogen-bond donors (Lipinski definition) is 5. The second-order valence-electron chi connectivity index (χ2n) is 2.83. The van der Waals surface area contributed by atoms with Crippen LogP contribution in [-0.4, -0.2) is 50.4 Å². The maximum absolute atomic E-state index is 9.60. The van der Waals surface area contributed by atoms with Crippen molar-refractivity contribution in [2.45, 2.75) is 20.1 Å². The van der Waals surface area contributed by atoms with E-state index in [1.54, 1.807) is 0 Å². The molecule has 0 rings (SSSR count). The van der Waals surface area contributed by atoms with Gasteiger partial charge >= 0.3 is 11.9 Å². The van der Waals surface area contributed by atoms with E-state index in [2.05, 4.69) is 13.2 Å². The standard InChI is InChI=1S/2C4H6O2.C2H6O3/c2*1-3(2)4(5)6;3-1-2(4)5/h2*1H2,2H3,(H,5,6);2-5H,1H2. The van der Waals surface area contributed by atoms with Gasteiger partial charge in [0.2, 0.25) is 0 Å². The lowest BCUT2D eigenvalue weighted by atomic mass is 10.4. The molecule has 0 aliphatic heterocycles. The summed E-state index contributed by atoms with van der Waals surface area (Å²) in [5.41, 5.74) is 0.352. The average molecular weight is 250 g/mol. The molecule has 0 aliphatic rings. The molecule has 0 spiro atoms. The van der Waals surface area contributed by atoms with Crippen molar-refractivity contribution < 1.29 is 35.1 Å². The molecule has 0 bridgehead atoms. The number of carboxylic acids is 2. The first kappa shape index (κ1) is 20.7. The normalized spacial score (nSPS) is 8.12. The zero-order valence-corrected chi connectivity index (χ0v) is 9.75. The van der Waals surface area contributed by atoms with Crippen molar-refractivity contribution in [1.82, 2.24) is 0 Å². The second kappa shape index (κ2) is 12.4. The summed E-state index contributed by atoms with van der Waals surface area (Å²) in [6, 6.07) is 0. The van der Waals surface area contributed by atoms with Crippen LogP contribution in [0.25, 0.3) is 0 Å². The van der Waals surface area contributed by atoms with Gasteiger partial charge in [0.25, 0.3) is 0 Å². The topological polar surface area (TPSA) is 135 Å². The number of aliphatic carboxylic acids is 2. The molecular formula is C10H18O7. The molecule has 0 fully saturated rings. The Labute approximate surface area is 99.0 Å². The molecule has 7 heteroatoms. The molecule has 0 saturated heterocycles. The molecule has 0 aromatic heterocycles. The minimum atomic E-state index is -1.56. The second-order valence-corrected chi connectivity index (χ2v) is 2.83. The highest BCUT2D eigenvalue weighted by Crippen LogP contribution is 1.81. The van der Waals surface area contributed by atoms with Gasteiger partial charge in [0.1, 0.15) is 0 Å². The zero-order valence-electron chi connectivity index (χ0n) is 9.75. The predicted molar refractivity (Wildman–Crippen MR) is 60.2 cm³/mol. The number of aliphatic hydroxyl groups excluding tert-OH is 2. The molecule has 17 heavy (non-hydrogen) atoms. The highest BCUT2D eigenvalue weighted by Gasteiger charge is 1.90. The smallest absolute Gasteiger partial charge is 0.330 e. The predicted octanol–water partition coefficient (Wildman–Crippen LogP) is -0.416. The van der Waals surface area contributed by atoms with Gasteiger partial charge in [-0.3, -0.25) is 0 Å². The maximum Gasteiger partial charge on any atom is 0.330 e. The van der Waals surface area contributed by atoms with Crippen molar-refractivity contribution in [1.29, 1.82) is 0 Å². The van der Waals surface area contributed by atoms with Gasteiger partial charge in [-0.2, -0.15) is 0 Å². The lowest BCUT2D eigenvalue weighted by molar-refractivity contribution is -0.133. The van der Waals surface area contributed by atoms with E-state index in [0.29, 0.717) is 0 Å². The van der Waals surface area contributed by atoms with E-state index in [4.69, 9.17) is 25.5 Å². The van der Waals surface area contributed by atoms with E-state index in [9.17, 15) is 9.59 Å². The van der Waals surface area contributed by atoms with Crippen LogP contribution in [-0.2, 0) is 9.59 Å². The summed E-state index contributed by atoms with van der Waals surface area (Å²) < 4.78 is 0. The van der Waals surface area contributed by atoms with Gasteiger partial charge in [0, 0.05) is 11.1 Å². The van der Waals surface area contributed by atoms with Crippen LogP contribution >= 0.6 is 0 Å². The molecule has 0 aliphatic carbocycles. The highest BCUT2D eigenvalue weighted by atomic mass is 16.5. The van der Waals surface area contributed by atoms with Crippen LogP contribution in [0.3, 0.4) is 0 Å². The Kier molecular flexibility index (Phi) is 15.0. The molecule has 5 N–H and O–H groups in total. The third-order valence-corrected chi connectivity index (χ3v) is 0.893. The Hall–Kier alpha value is -1.70. The molecule has 100 valence electrons. The summed E-state index contributed by atoms with van der Waals surface area (Å²) in [5.74, 6) is -1.87. The van der Waals surface area contributed by atoms with Crippen molar-refractivity contribution in [3.8, 4) is 0 Å². The number of rotatable bonds is 3. The van der Waals surface area contributed by atoms with Crippen molar-refractivity contribution in [2.24, 2.45) is 0 Å². The van der Waals surface area contributed by atoms with E-state index in [-0.39, 0.29) is 11.1 Å². The maximum atomic E-state index is 9.60. The number of aliphatic hydroxyl groups is 3. The van der Waals surface area contributed by atoms with Crippen LogP contribution < -0.4 is 0 Å². The Balaban J connectivity index is -0.000000174. The van der Waals surface area contributed by atoms with E-state index < -0.39 is 24.8 Å². The molecule has 0 saturated carbocycles. The lowest BCUT2D eigenvalue weighted by Gasteiger charge is -1.89.